The lowest BCUT2D eigenvalue weighted by molar-refractivity contribution is -0.132. The van der Waals surface area contributed by atoms with E-state index in [4.69, 9.17) is 9.47 Å². The number of fused-ring (bicyclic) bond motifs is 1. The number of hydrogen-bond acceptors (Lipinski definition) is 3. The summed E-state index contributed by atoms with van der Waals surface area (Å²) in [4.78, 5) is 19.1. The van der Waals surface area contributed by atoms with Crippen LogP contribution in [0.4, 0.5) is 0 Å². The molecule has 5 nitrogen and oxygen atoms in total. The van der Waals surface area contributed by atoms with Crippen LogP contribution in [-0.2, 0) is 11.2 Å². The predicted molar refractivity (Wildman–Crippen MR) is 144 cm³/mol. The molecule has 1 fully saturated rings. The highest BCUT2D eigenvalue weighted by Gasteiger charge is 2.29. The van der Waals surface area contributed by atoms with E-state index in [-0.39, 0.29) is 11.8 Å². The molecule has 1 atom stereocenters. The Hall–Kier alpha value is -3.73. The monoisotopic (exact) mass is 482 g/mol. The highest BCUT2D eigenvalue weighted by atomic mass is 16.5. The molecule has 5 rings (SSSR count). The van der Waals surface area contributed by atoms with E-state index >= 15 is 0 Å². The van der Waals surface area contributed by atoms with Crippen molar-refractivity contribution in [1.82, 2.24) is 9.88 Å². The lowest BCUT2D eigenvalue weighted by atomic mass is 9.86. The maximum absolute atomic E-state index is 13.7. The molecule has 1 aliphatic rings. The second-order valence-electron chi connectivity index (χ2n) is 9.67. The minimum absolute atomic E-state index is 0.128. The number of carbonyl (C=O) groups excluding carboxylic acids is 1. The van der Waals surface area contributed by atoms with Crippen molar-refractivity contribution in [2.75, 3.05) is 27.3 Å². The smallest absolute Gasteiger partial charge is 0.223 e. The third-order valence-corrected chi connectivity index (χ3v) is 7.53. The van der Waals surface area contributed by atoms with Crippen LogP contribution in [0.1, 0.15) is 41.9 Å². The van der Waals surface area contributed by atoms with Crippen molar-refractivity contribution in [3.05, 3.63) is 95.7 Å². The SMILES string of the molecule is COc1ccc(C(CC(=O)N2CCC(Cc3ccccc3)CC2)c2c[nH]c3ccccc23)c(OC)c1. The van der Waals surface area contributed by atoms with Gasteiger partial charge in [-0.3, -0.25) is 4.79 Å². The fourth-order valence-electron chi connectivity index (χ4n) is 5.51. The molecule has 186 valence electrons. The Kier molecular flexibility index (Phi) is 7.26. The summed E-state index contributed by atoms with van der Waals surface area (Å²) in [6.07, 6.45) is 5.62. The fourth-order valence-corrected chi connectivity index (χ4v) is 5.51. The number of rotatable bonds is 8. The van der Waals surface area contributed by atoms with Crippen LogP contribution >= 0.6 is 0 Å². The van der Waals surface area contributed by atoms with Gasteiger partial charge >= 0.3 is 0 Å². The van der Waals surface area contributed by atoms with Crippen molar-refractivity contribution in [2.24, 2.45) is 5.92 Å². The predicted octanol–water partition coefficient (Wildman–Crippen LogP) is 6.19. The third kappa shape index (κ3) is 5.11. The van der Waals surface area contributed by atoms with Crippen LogP contribution in [0.25, 0.3) is 10.9 Å². The normalized spacial score (nSPS) is 15.1. The van der Waals surface area contributed by atoms with E-state index in [1.165, 1.54) is 5.56 Å². The largest absolute Gasteiger partial charge is 0.497 e. The Morgan fingerprint density at radius 1 is 0.944 bits per heavy atom. The number of carbonyl (C=O) groups is 1. The Bertz CT molecular complexity index is 1310. The van der Waals surface area contributed by atoms with E-state index in [9.17, 15) is 4.79 Å². The van der Waals surface area contributed by atoms with Gasteiger partial charge in [-0.1, -0.05) is 54.6 Å². The van der Waals surface area contributed by atoms with Crippen molar-refractivity contribution in [1.29, 1.82) is 0 Å². The topological polar surface area (TPSA) is 54.6 Å². The third-order valence-electron chi connectivity index (χ3n) is 7.53. The maximum atomic E-state index is 13.7. The zero-order chi connectivity index (χ0) is 24.9. The number of nitrogens with zero attached hydrogens (tertiary/aromatic N) is 1. The van der Waals surface area contributed by atoms with Crippen LogP contribution in [0.15, 0.2) is 79.0 Å². The molecule has 0 aliphatic carbocycles. The number of piperidine rings is 1. The molecule has 1 aromatic heterocycles. The van der Waals surface area contributed by atoms with Crippen molar-refractivity contribution in [3.63, 3.8) is 0 Å². The maximum Gasteiger partial charge on any atom is 0.223 e. The number of ether oxygens (including phenoxy) is 2. The second-order valence-corrected chi connectivity index (χ2v) is 9.67. The van der Waals surface area contributed by atoms with E-state index in [1.807, 2.05) is 36.5 Å². The van der Waals surface area contributed by atoms with Crippen LogP contribution < -0.4 is 9.47 Å². The van der Waals surface area contributed by atoms with Crippen LogP contribution in [0.5, 0.6) is 11.5 Å². The van der Waals surface area contributed by atoms with Crippen molar-refractivity contribution in [2.45, 2.75) is 31.6 Å². The van der Waals surface area contributed by atoms with Crippen LogP contribution in [0, 0.1) is 5.92 Å². The standard InChI is InChI=1S/C31H34N2O3/c1-35-24-12-13-26(30(19-24)36-2)27(28-21-32-29-11-7-6-10-25(28)29)20-31(34)33-16-14-23(15-17-33)18-22-8-4-3-5-9-22/h3-13,19,21,23,27,32H,14-18,20H2,1-2H3. The molecular weight excluding hydrogens is 448 g/mol. The van der Waals surface area contributed by atoms with E-state index in [2.05, 4.69) is 52.3 Å². The number of H-pyrrole nitrogens is 1. The van der Waals surface area contributed by atoms with Gasteiger partial charge in [-0.15, -0.1) is 0 Å². The zero-order valence-corrected chi connectivity index (χ0v) is 21.1. The van der Waals surface area contributed by atoms with E-state index in [1.54, 1.807) is 14.2 Å². The summed E-state index contributed by atoms with van der Waals surface area (Å²) < 4.78 is 11.2. The first-order valence-electron chi connectivity index (χ1n) is 12.8. The molecule has 4 aromatic rings. The number of methoxy groups -OCH3 is 2. The Labute approximate surface area is 213 Å². The van der Waals surface area contributed by atoms with Gasteiger partial charge in [0, 0.05) is 54.2 Å². The summed E-state index contributed by atoms with van der Waals surface area (Å²) in [5.41, 5.74) is 4.56. The van der Waals surface area contributed by atoms with E-state index < -0.39 is 0 Å². The first-order chi connectivity index (χ1) is 17.7. The van der Waals surface area contributed by atoms with Crippen LogP contribution in [0.2, 0.25) is 0 Å². The molecule has 1 saturated heterocycles. The second kappa shape index (κ2) is 10.9. The summed E-state index contributed by atoms with van der Waals surface area (Å²) in [7, 11) is 3.32. The summed E-state index contributed by atoms with van der Waals surface area (Å²) in [5.74, 6) is 2.17. The molecule has 0 radical (unpaired) electrons. The number of amides is 1. The molecule has 0 bridgehead atoms. The minimum atomic E-state index is -0.128. The van der Waals surface area contributed by atoms with Gasteiger partial charge in [0.1, 0.15) is 11.5 Å². The molecule has 1 aliphatic heterocycles. The van der Waals surface area contributed by atoms with Crippen molar-refractivity contribution < 1.29 is 14.3 Å². The van der Waals surface area contributed by atoms with Crippen LogP contribution in [-0.4, -0.2) is 43.1 Å². The Morgan fingerprint density at radius 3 is 2.44 bits per heavy atom. The van der Waals surface area contributed by atoms with Gasteiger partial charge in [-0.05, 0) is 48.4 Å². The van der Waals surface area contributed by atoms with Crippen molar-refractivity contribution >= 4 is 16.8 Å². The number of likely N-dealkylation sites (tertiary alicyclic amines) is 1. The number of aromatic amines is 1. The molecule has 0 saturated carbocycles. The summed E-state index contributed by atoms with van der Waals surface area (Å²) in [5, 5.41) is 1.13. The molecule has 1 amide bonds. The molecule has 1 unspecified atom stereocenters. The minimum Gasteiger partial charge on any atom is -0.497 e. The van der Waals surface area contributed by atoms with Gasteiger partial charge in [0.25, 0.3) is 0 Å². The molecule has 5 heteroatoms. The summed E-state index contributed by atoms with van der Waals surface area (Å²) in [6.45, 7) is 1.63. The van der Waals surface area contributed by atoms with Gasteiger partial charge in [-0.2, -0.15) is 0 Å². The van der Waals surface area contributed by atoms with E-state index in [0.29, 0.717) is 12.3 Å². The number of nitrogens with one attached hydrogen (secondary N) is 1. The lowest BCUT2D eigenvalue weighted by Gasteiger charge is -2.33. The molecule has 1 N–H and O–H groups in total. The number of benzene rings is 3. The van der Waals surface area contributed by atoms with Gasteiger partial charge in [0.15, 0.2) is 0 Å². The van der Waals surface area contributed by atoms with Gasteiger partial charge in [-0.25, -0.2) is 0 Å². The average Bonchev–Trinajstić information content (AvgIpc) is 3.36. The number of aromatic nitrogens is 1. The molecule has 36 heavy (non-hydrogen) atoms. The molecule has 0 spiro atoms. The highest BCUT2D eigenvalue weighted by Crippen LogP contribution is 2.40. The van der Waals surface area contributed by atoms with Crippen LogP contribution in [0.3, 0.4) is 0 Å². The lowest BCUT2D eigenvalue weighted by Crippen LogP contribution is -2.39. The fraction of sp³-hybridized carbons (Fsp3) is 0.323. The molecular formula is C31H34N2O3. The number of para-hydroxylation sites is 1. The Balaban J connectivity index is 1.37. The summed E-state index contributed by atoms with van der Waals surface area (Å²) >= 11 is 0. The van der Waals surface area contributed by atoms with E-state index in [0.717, 1.165) is 65.9 Å². The molecule has 3 aromatic carbocycles. The van der Waals surface area contributed by atoms with Gasteiger partial charge < -0.3 is 19.4 Å². The average molecular weight is 483 g/mol. The highest BCUT2D eigenvalue weighted by molar-refractivity contribution is 5.86. The first-order valence-corrected chi connectivity index (χ1v) is 12.8. The zero-order valence-electron chi connectivity index (χ0n) is 21.1. The first kappa shape index (κ1) is 24.0. The van der Waals surface area contributed by atoms with Gasteiger partial charge in [0.05, 0.1) is 14.2 Å². The number of hydrogen-bond donors (Lipinski definition) is 1. The van der Waals surface area contributed by atoms with Gasteiger partial charge in [0.2, 0.25) is 5.91 Å². The Morgan fingerprint density at radius 2 is 1.69 bits per heavy atom. The van der Waals surface area contributed by atoms with Crippen molar-refractivity contribution in [3.8, 4) is 11.5 Å². The molecule has 2 heterocycles. The summed E-state index contributed by atoms with van der Waals surface area (Å²) in [6, 6.07) is 24.8. The quantitative estimate of drug-likeness (QED) is 0.326.